The average molecular weight is 286 g/mol. The molecule has 0 aliphatic heterocycles. The van der Waals surface area contributed by atoms with Crippen molar-refractivity contribution in [2.75, 3.05) is 0 Å². The van der Waals surface area contributed by atoms with E-state index in [9.17, 15) is 12.8 Å². The van der Waals surface area contributed by atoms with E-state index in [1.807, 2.05) is 0 Å². The Morgan fingerprint density at radius 3 is 2.95 bits per heavy atom. The van der Waals surface area contributed by atoms with Gasteiger partial charge in [-0.2, -0.15) is 0 Å². The molecule has 2 rings (SSSR count). The molecule has 1 aliphatic rings. The van der Waals surface area contributed by atoms with Crippen molar-refractivity contribution >= 4 is 10.0 Å². The monoisotopic (exact) mass is 286 g/mol. The van der Waals surface area contributed by atoms with Crippen LogP contribution in [0.15, 0.2) is 23.4 Å². The lowest BCUT2D eigenvalue weighted by atomic mass is 9.85. The van der Waals surface area contributed by atoms with E-state index < -0.39 is 20.9 Å². The molecule has 1 fully saturated rings. The molecule has 0 aromatic carbocycles. The van der Waals surface area contributed by atoms with E-state index in [-0.39, 0.29) is 6.04 Å². The number of nitrogens with zero attached hydrogens (tertiary/aromatic N) is 1. The van der Waals surface area contributed by atoms with Gasteiger partial charge in [0.05, 0.1) is 0 Å². The lowest BCUT2D eigenvalue weighted by Gasteiger charge is -2.28. The lowest BCUT2D eigenvalue weighted by molar-refractivity contribution is 0.301. The Hall–Kier alpha value is -1.01. The van der Waals surface area contributed by atoms with Crippen LogP contribution in [0.5, 0.6) is 0 Å². The number of halogens is 1. The Morgan fingerprint density at radius 2 is 2.26 bits per heavy atom. The molecule has 0 saturated heterocycles. The minimum Gasteiger partial charge on any atom is -0.241 e. The first-order chi connectivity index (χ1) is 9.03. The van der Waals surface area contributed by atoms with E-state index in [1.165, 1.54) is 12.3 Å². The molecule has 19 heavy (non-hydrogen) atoms. The SMILES string of the molecule is CCC1CCCC(NS(=O)(=O)c2ncccc2F)C1. The fourth-order valence-electron chi connectivity index (χ4n) is 2.61. The van der Waals surface area contributed by atoms with Crippen LogP contribution in [-0.4, -0.2) is 19.4 Å². The molecule has 6 heteroatoms. The van der Waals surface area contributed by atoms with Crippen molar-refractivity contribution in [2.45, 2.75) is 50.1 Å². The Labute approximate surface area is 113 Å². The number of hydrogen-bond acceptors (Lipinski definition) is 3. The van der Waals surface area contributed by atoms with Crippen LogP contribution in [0.2, 0.25) is 0 Å². The van der Waals surface area contributed by atoms with Gasteiger partial charge in [-0.15, -0.1) is 0 Å². The highest BCUT2D eigenvalue weighted by molar-refractivity contribution is 7.89. The zero-order valence-electron chi connectivity index (χ0n) is 11.0. The van der Waals surface area contributed by atoms with Crippen LogP contribution < -0.4 is 4.72 Å². The maximum absolute atomic E-state index is 13.5. The second-order valence-electron chi connectivity index (χ2n) is 5.05. The number of nitrogens with one attached hydrogen (secondary N) is 1. The summed E-state index contributed by atoms with van der Waals surface area (Å²) < 4.78 is 40.3. The van der Waals surface area contributed by atoms with Crippen LogP contribution in [0.3, 0.4) is 0 Å². The van der Waals surface area contributed by atoms with Crippen LogP contribution in [0, 0.1) is 11.7 Å². The Kier molecular flexibility index (Phi) is 4.52. The predicted octanol–water partition coefficient (Wildman–Crippen LogP) is 2.47. The van der Waals surface area contributed by atoms with Gasteiger partial charge in [-0.25, -0.2) is 22.5 Å². The van der Waals surface area contributed by atoms with E-state index in [2.05, 4.69) is 16.6 Å². The molecule has 1 N–H and O–H groups in total. The van der Waals surface area contributed by atoms with Gasteiger partial charge in [0, 0.05) is 12.2 Å². The second kappa shape index (κ2) is 5.96. The molecule has 2 atom stereocenters. The second-order valence-corrected chi connectivity index (χ2v) is 6.68. The third-order valence-electron chi connectivity index (χ3n) is 3.66. The first-order valence-corrected chi connectivity index (χ1v) is 8.14. The highest BCUT2D eigenvalue weighted by atomic mass is 32.2. The van der Waals surface area contributed by atoms with Gasteiger partial charge in [-0.1, -0.05) is 26.2 Å². The van der Waals surface area contributed by atoms with Gasteiger partial charge in [0.1, 0.15) is 0 Å². The summed E-state index contributed by atoms with van der Waals surface area (Å²) in [6, 6.07) is 2.38. The minimum atomic E-state index is -3.86. The molecule has 0 amide bonds. The van der Waals surface area contributed by atoms with Crippen molar-refractivity contribution in [3.63, 3.8) is 0 Å². The lowest BCUT2D eigenvalue weighted by Crippen LogP contribution is -2.38. The van der Waals surface area contributed by atoms with Crippen LogP contribution >= 0.6 is 0 Å². The van der Waals surface area contributed by atoms with E-state index in [4.69, 9.17) is 0 Å². The molecule has 4 nitrogen and oxygen atoms in total. The average Bonchev–Trinajstić information content (AvgIpc) is 2.38. The van der Waals surface area contributed by atoms with Crippen molar-refractivity contribution < 1.29 is 12.8 Å². The highest BCUT2D eigenvalue weighted by Crippen LogP contribution is 2.27. The molecule has 1 saturated carbocycles. The zero-order valence-corrected chi connectivity index (χ0v) is 11.8. The molecule has 0 radical (unpaired) electrons. The van der Waals surface area contributed by atoms with Gasteiger partial charge >= 0.3 is 0 Å². The molecule has 1 aromatic heterocycles. The van der Waals surface area contributed by atoms with Crippen LogP contribution in [-0.2, 0) is 10.0 Å². The number of rotatable bonds is 4. The molecular formula is C13H19FN2O2S. The first kappa shape index (κ1) is 14.4. The smallest absolute Gasteiger partial charge is 0.241 e. The van der Waals surface area contributed by atoms with Crippen LogP contribution in [0.25, 0.3) is 0 Å². The summed E-state index contributed by atoms with van der Waals surface area (Å²) in [4.78, 5) is 3.63. The molecule has 1 aliphatic carbocycles. The van der Waals surface area contributed by atoms with Crippen molar-refractivity contribution in [1.82, 2.24) is 9.71 Å². The van der Waals surface area contributed by atoms with Crippen molar-refractivity contribution in [1.29, 1.82) is 0 Å². The van der Waals surface area contributed by atoms with Gasteiger partial charge in [0.15, 0.2) is 5.82 Å². The summed E-state index contributed by atoms with van der Waals surface area (Å²) in [6.45, 7) is 2.11. The van der Waals surface area contributed by atoms with Gasteiger partial charge in [0.2, 0.25) is 5.03 Å². The van der Waals surface area contributed by atoms with E-state index >= 15 is 0 Å². The first-order valence-electron chi connectivity index (χ1n) is 6.65. The zero-order chi connectivity index (χ0) is 13.9. The van der Waals surface area contributed by atoms with E-state index in [0.29, 0.717) is 5.92 Å². The third kappa shape index (κ3) is 3.51. The molecule has 2 unspecified atom stereocenters. The molecule has 1 heterocycles. The Bertz CT molecular complexity index is 533. The molecule has 0 bridgehead atoms. The maximum atomic E-state index is 13.5. The largest absolute Gasteiger partial charge is 0.261 e. The minimum absolute atomic E-state index is 0.106. The standard InChI is InChI=1S/C13H19FN2O2S/c1-2-10-5-3-6-11(9-10)16-19(17,18)13-12(14)7-4-8-15-13/h4,7-8,10-11,16H,2-3,5-6,9H2,1H3. The van der Waals surface area contributed by atoms with Gasteiger partial charge in [-0.3, -0.25) is 0 Å². The Morgan fingerprint density at radius 1 is 1.47 bits per heavy atom. The van der Waals surface area contributed by atoms with Crippen molar-refractivity contribution in [3.8, 4) is 0 Å². The van der Waals surface area contributed by atoms with Gasteiger partial charge in [-0.05, 0) is 30.9 Å². The number of pyridine rings is 1. The van der Waals surface area contributed by atoms with Gasteiger partial charge in [0.25, 0.3) is 10.0 Å². The summed E-state index contributed by atoms with van der Waals surface area (Å²) in [7, 11) is -3.86. The molecule has 106 valence electrons. The summed E-state index contributed by atoms with van der Waals surface area (Å²) in [5.74, 6) is -0.257. The number of hydrogen-bond donors (Lipinski definition) is 1. The molecular weight excluding hydrogens is 267 g/mol. The van der Waals surface area contributed by atoms with Crippen molar-refractivity contribution in [3.05, 3.63) is 24.1 Å². The summed E-state index contributed by atoms with van der Waals surface area (Å²) in [5.41, 5.74) is 0. The maximum Gasteiger partial charge on any atom is 0.261 e. The Balaban J connectivity index is 2.11. The van der Waals surface area contributed by atoms with Crippen LogP contribution in [0.4, 0.5) is 4.39 Å². The van der Waals surface area contributed by atoms with E-state index in [0.717, 1.165) is 38.2 Å². The summed E-state index contributed by atoms with van der Waals surface area (Å²) in [6.07, 6.45) is 6.13. The summed E-state index contributed by atoms with van der Waals surface area (Å²) >= 11 is 0. The fourth-order valence-corrected chi connectivity index (χ4v) is 3.90. The molecule has 0 spiro atoms. The predicted molar refractivity (Wildman–Crippen MR) is 70.6 cm³/mol. The quantitative estimate of drug-likeness (QED) is 0.925. The number of aromatic nitrogens is 1. The normalized spacial score (nSPS) is 24.3. The number of sulfonamides is 1. The van der Waals surface area contributed by atoms with Crippen molar-refractivity contribution in [2.24, 2.45) is 5.92 Å². The highest BCUT2D eigenvalue weighted by Gasteiger charge is 2.28. The topological polar surface area (TPSA) is 59.1 Å². The fraction of sp³-hybridized carbons (Fsp3) is 0.615. The van der Waals surface area contributed by atoms with Crippen LogP contribution in [0.1, 0.15) is 39.0 Å². The summed E-state index contributed by atoms with van der Waals surface area (Å²) in [5, 5.41) is -0.506. The molecule has 1 aromatic rings. The van der Waals surface area contributed by atoms with E-state index in [1.54, 1.807) is 0 Å². The van der Waals surface area contributed by atoms with Gasteiger partial charge < -0.3 is 0 Å². The third-order valence-corrected chi connectivity index (χ3v) is 5.11.